The Bertz CT molecular complexity index is 1180. The Balaban J connectivity index is 1.37. The van der Waals surface area contributed by atoms with Crippen LogP contribution in [0.2, 0.25) is 0 Å². The lowest BCUT2D eigenvalue weighted by Crippen LogP contribution is -2.47. The normalized spacial score (nSPS) is 18.9. The van der Waals surface area contributed by atoms with E-state index in [1.165, 1.54) is 29.2 Å². The van der Waals surface area contributed by atoms with Crippen LogP contribution in [0.25, 0.3) is 0 Å². The maximum absolute atomic E-state index is 13.7. The lowest BCUT2D eigenvalue weighted by molar-refractivity contribution is -0.143. The minimum atomic E-state index is -0.421. The third kappa shape index (κ3) is 5.95. The van der Waals surface area contributed by atoms with E-state index in [0.29, 0.717) is 49.9 Å². The SMILES string of the molecule is COCC(=O)N(CCN1CCOCC1)CC(=O)N1N=C(c2ccc(F)cc2)C[C@@H]1c1ccc2c(c1)OCO2. The Morgan fingerprint density at radius 1 is 1.11 bits per heavy atom. The fraction of sp³-hybridized carbons (Fsp3) is 0.444. The molecule has 0 unspecified atom stereocenters. The Hall–Kier alpha value is -3.54. The van der Waals surface area contributed by atoms with Gasteiger partial charge in [0.15, 0.2) is 11.5 Å². The number of methoxy groups -OCH3 is 1. The van der Waals surface area contributed by atoms with E-state index in [4.69, 9.17) is 18.9 Å². The molecule has 2 amide bonds. The maximum Gasteiger partial charge on any atom is 0.262 e. The van der Waals surface area contributed by atoms with Gasteiger partial charge in [0.1, 0.15) is 19.0 Å². The van der Waals surface area contributed by atoms with E-state index in [1.54, 1.807) is 12.1 Å². The van der Waals surface area contributed by atoms with Crippen molar-refractivity contribution in [1.82, 2.24) is 14.8 Å². The van der Waals surface area contributed by atoms with Crippen LogP contribution in [0.1, 0.15) is 23.6 Å². The Labute approximate surface area is 220 Å². The molecule has 10 nitrogen and oxygen atoms in total. The number of benzene rings is 2. The van der Waals surface area contributed by atoms with Crippen molar-refractivity contribution in [2.75, 3.05) is 66.4 Å². The highest BCUT2D eigenvalue weighted by atomic mass is 19.1. The van der Waals surface area contributed by atoms with E-state index in [2.05, 4.69) is 10.0 Å². The van der Waals surface area contributed by atoms with Crippen molar-refractivity contribution in [3.63, 3.8) is 0 Å². The van der Waals surface area contributed by atoms with Crippen molar-refractivity contribution >= 4 is 17.5 Å². The second-order valence-electron chi connectivity index (χ2n) is 9.33. The molecule has 0 aliphatic carbocycles. The number of morpholine rings is 1. The Morgan fingerprint density at radius 3 is 2.63 bits per heavy atom. The van der Waals surface area contributed by atoms with Gasteiger partial charge in [0.2, 0.25) is 12.7 Å². The summed E-state index contributed by atoms with van der Waals surface area (Å²) in [5.41, 5.74) is 2.21. The summed E-state index contributed by atoms with van der Waals surface area (Å²) < 4.78 is 35.0. The first-order valence-corrected chi connectivity index (χ1v) is 12.6. The summed E-state index contributed by atoms with van der Waals surface area (Å²) in [4.78, 5) is 30.3. The number of carbonyl (C=O) groups excluding carboxylic acids is 2. The lowest BCUT2D eigenvalue weighted by atomic mass is 9.98. The second-order valence-corrected chi connectivity index (χ2v) is 9.33. The predicted molar refractivity (Wildman–Crippen MR) is 135 cm³/mol. The number of fused-ring (bicyclic) bond motifs is 1. The van der Waals surface area contributed by atoms with E-state index in [1.807, 2.05) is 18.2 Å². The summed E-state index contributed by atoms with van der Waals surface area (Å²) in [5.74, 6) is 0.309. The van der Waals surface area contributed by atoms with Crippen molar-refractivity contribution in [2.45, 2.75) is 12.5 Å². The highest BCUT2D eigenvalue weighted by molar-refractivity contribution is 6.03. The second kappa shape index (κ2) is 11.9. The number of ether oxygens (including phenoxy) is 4. The van der Waals surface area contributed by atoms with E-state index in [0.717, 1.165) is 24.2 Å². The highest BCUT2D eigenvalue weighted by Gasteiger charge is 2.35. The molecular formula is C27H31FN4O6. The molecule has 38 heavy (non-hydrogen) atoms. The number of hydrogen-bond donors (Lipinski definition) is 0. The van der Waals surface area contributed by atoms with Crippen LogP contribution in [0.3, 0.4) is 0 Å². The standard InChI is InChI=1S/C27H31FN4O6/c1-35-17-27(34)31(9-8-30-10-12-36-13-11-30)16-26(33)32-23(20-4-7-24-25(14-20)38-18-37-24)15-22(29-32)19-2-5-21(28)6-3-19/h2-7,14,23H,8-13,15-18H2,1H3/t23-/m1/s1. The molecular weight excluding hydrogens is 495 g/mol. The summed E-state index contributed by atoms with van der Waals surface area (Å²) in [5, 5.41) is 6.09. The molecule has 0 bridgehead atoms. The quantitative estimate of drug-likeness (QED) is 0.494. The molecule has 0 radical (unpaired) electrons. The van der Waals surface area contributed by atoms with Gasteiger partial charge in [-0.3, -0.25) is 14.5 Å². The van der Waals surface area contributed by atoms with E-state index >= 15 is 0 Å². The topological polar surface area (TPSA) is 93.1 Å². The third-order valence-electron chi connectivity index (χ3n) is 6.86. The number of halogens is 1. The van der Waals surface area contributed by atoms with Crippen LogP contribution in [0.15, 0.2) is 47.6 Å². The predicted octanol–water partition coefficient (Wildman–Crippen LogP) is 2.04. The first-order valence-electron chi connectivity index (χ1n) is 12.6. The number of hydrogen-bond acceptors (Lipinski definition) is 8. The minimum absolute atomic E-state index is 0.119. The van der Waals surface area contributed by atoms with Gasteiger partial charge in [0.05, 0.1) is 25.0 Å². The van der Waals surface area contributed by atoms with Crippen LogP contribution < -0.4 is 9.47 Å². The van der Waals surface area contributed by atoms with Gasteiger partial charge < -0.3 is 23.8 Å². The monoisotopic (exact) mass is 526 g/mol. The number of carbonyl (C=O) groups is 2. The molecule has 2 aromatic carbocycles. The fourth-order valence-corrected chi connectivity index (χ4v) is 4.77. The first kappa shape index (κ1) is 26.1. The Morgan fingerprint density at radius 2 is 1.87 bits per heavy atom. The van der Waals surface area contributed by atoms with Gasteiger partial charge in [0, 0.05) is 39.7 Å². The zero-order valence-electron chi connectivity index (χ0n) is 21.3. The smallest absolute Gasteiger partial charge is 0.262 e. The minimum Gasteiger partial charge on any atom is -0.454 e. The first-order chi connectivity index (χ1) is 18.5. The molecule has 5 rings (SSSR count). The van der Waals surface area contributed by atoms with Gasteiger partial charge in [-0.25, -0.2) is 9.40 Å². The van der Waals surface area contributed by atoms with E-state index < -0.39 is 6.04 Å². The van der Waals surface area contributed by atoms with E-state index in [-0.39, 0.29) is 37.6 Å². The van der Waals surface area contributed by atoms with Crippen molar-refractivity contribution < 1.29 is 32.9 Å². The zero-order valence-corrected chi connectivity index (χ0v) is 21.3. The van der Waals surface area contributed by atoms with Gasteiger partial charge in [0.25, 0.3) is 5.91 Å². The van der Waals surface area contributed by atoms with Crippen LogP contribution in [0.4, 0.5) is 4.39 Å². The van der Waals surface area contributed by atoms with Crippen molar-refractivity contribution in [3.8, 4) is 11.5 Å². The fourth-order valence-electron chi connectivity index (χ4n) is 4.77. The molecule has 202 valence electrons. The molecule has 0 saturated carbocycles. The highest BCUT2D eigenvalue weighted by Crippen LogP contribution is 2.39. The summed E-state index contributed by atoms with van der Waals surface area (Å²) in [7, 11) is 1.45. The number of amides is 2. The molecule has 2 aromatic rings. The molecule has 1 saturated heterocycles. The Kier molecular flexibility index (Phi) is 8.16. The van der Waals surface area contributed by atoms with Crippen LogP contribution in [0, 0.1) is 5.82 Å². The number of hydrazone groups is 1. The van der Waals surface area contributed by atoms with Crippen LogP contribution >= 0.6 is 0 Å². The molecule has 3 aliphatic rings. The summed E-state index contributed by atoms with van der Waals surface area (Å²) in [6, 6.07) is 11.2. The van der Waals surface area contributed by atoms with Gasteiger partial charge in [-0.1, -0.05) is 18.2 Å². The van der Waals surface area contributed by atoms with Crippen molar-refractivity contribution in [1.29, 1.82) is 0 Å². The van der Waals surface area contributed by atoms with Gasteiger partial charge >= 0.3 is 0 Å². The van der Waals surface area contributed by atoms with Crippen molar-refractivity contribution in [2.24, 2.45) is 5.10 Å². The molecule has 0 spiro atoms. The van der Waals surface area contributed by atoms with Crippen molar-refractivity contribution in [3.05, 3.63) is 59.4 Å². The number of rotatable bonds is 9. The van der Waals surface area contributed by atoms with Crippen LogP contribution in [-0.4, -0.2) is 98.8 Å². The lowest BCUT2D eigenvalue weighted by Gasteiger charge is -2.31. The van der Waals surface area contributed by atoms with E-state index in [9.17, 15) is 14.0 Å². The largest absolute Gasteiger partial charge is 0.454 e. The third-order valence-corrected chi connectivity index (χ3v) is 6.86. The molecule has 1 fully saturated rings. The molecule has 1 atom stereocenters. The zero-order chi connectivity index (χ0) is 26.5. The van der Waals surface area contributed by atoms with Gasteiger partial charge in [-0.15, -0.1) is 0 Å². The summed E-state index contributed by atoms with van der Waals surface area (Å²) in [6.07, 6.45) is 0.427. The molecule has 0 N–H and O–H groups in total. The van der Waals surface area contributed by atoms with Crippen LogP contribution in [-0.2, 0) is 19.1 Å². The summed E-state index contributed by atoms with van der Waals surface area (Å²) in [6.45, 7) is 3.75. The average Bonchev–Trinajstić information content (AvgIpc) is 3.59. The average molecular weight is 527 g/mol. The molecule has 11 heteroatoms. The molecule has 3 heterocycles. The number of nitrogens with zero attached hydrogens (tertiary/aromatic N) is 4. The molecule has 3 aliphatic heterocycles. The molecule has 0 aromatic heterocycles. The van der Waals surface area contributed by atoms with Gasteiger partial charge in [-0.2, -0.15) is 5.10 Å². The van der Waals surface area contributed by atoms with Gasteiger partial charge in [-0.05, 0) is 35.4 Å². The maximum atomic E-state index is 13.7. The van der Waals surface area contributed by atoms with Crippen LogP contribution in [0.5, 0.6) is 11.5 Å². The summed E-state index contributed by atoms with van der Waals surface area (Å²) >= 11 is 0.